The molecule has 0 radical (unpaired) electrons. The molecule has 1 heterocycles. The van der Waals surface area contributed by atoms with Gasteiger partial charge in [-0.15, -0.1) is 0 Å². The molecule has 1 aromatic heterocycles. The molecule has 0 N–H and O–H groups in total. The van der Waals surface area contributed by atoms with Crippen LogP contribution in [0.15, 0.2) is 71.3 Å². The van der Waals surface area contributed by atoms with Gasteiger partial charge in [-0.25, -0.2) is 0 Å². The molecule has 3 aromatic rings. The number of nitrogens with zero attached hydrogens (tertiary/aromatic N) is 3. The first-order chi connectivity index (χ1) is 19.0. The van der Waals surface area contributed by atoms with E-state index < -0.39 is 0 Å². The highest BCUT2D eigenvalue weighted by Gasteiger charge is 2.29. The molecule has 1 saturated carbocycles. The average molecular weight is 595 g/mol. The second-order valence-corrected chi connectivity index (χ2v) is 11.3. The first-order valence-corrected chi connectivity index (χ1v) is 14.8. The van der Waals surface area contributed by atoms with Gasteiger partial charge in [-0.2, -0.15) is 0 Å². The fraction of sp³-hybridized carbons (Fsp3) is 0.438. The van der Waals surface area contributed by atoms with E-state index >= 15 is 0 Å². The standard InChI is InChI=1S/C32H40BrN3O3/c1-3-25-11-15-27(16-12-25)32(38)35(20-21-39-2)24-31(37)36(29-8-5-4-6-9-29)23-30-10-7-19-34(30)22-26-13-17-28(33)18-14-26/h7,10-19,29H,3-6,8-9,20-24H2,1-2H3. The number of carbonyl (C=O) groups excluding carboxylic acids is 2. The van der Waals surface area contributed by atoms with Crippen LogP contribution >= 0.6 is 15.9 Å². The van der Waals surface area contributed by atoms with Crippen molar-refractivity contribution in [3.63, 3.8) is 0 Å². The molecule has 1 aliphatic rings. The Labute approximate surface area is 241 Å². The molecule has 0 spiro atoms. The minimum absolute atomic E-state index is 0.00655. The second-order valence-electron chi connectivity index (χ2n) is 10.3. The van der Waals surface area contributed by atoms with E-state index in [1.54, 1.807) is 12.0 Å². The highest BCUT2D eigenvalue weighted by Crippen LogP contribution is 2.25. The van der Waals surface area contributed by atoms with E-state index in [2.05, 4.69) is 63.9 Å². The number of amides is 2. The first-order valence-electron chi connectivity index (χ1n) is 14.0. The zero-order valence-electron chi connectivity index (χ0n) is 23.2. The van der Waals surface area contributed by atoms with Gasteiger partial charge in [0.25, 0.3) is 5.91 Å². The number of hydrogen-bond acceptors (Lipinski definition) is 3. The normalized spacial score (nSPS) is 13.8. The van der Waals surface area contributed by atoms with Gasteiger partial charge in [0, 0.05) is 48.2 Å². The lowest BCUT2D eigenvalue weighted by Gasteiger charge is -2.36. The van der Waals surface area contributed by atoms with Crippen molar-refractivity contribution in [1.82, 2.24) is 14.4 Å². The van der Waals surface area contributed by atoms with E-state index in [9.17, 15) is 9.59 Å². The molecule has 0 atom stereocenters. The number of hydrogen-bond donors (Lipinski definition) is 0. The number of benzene rings is 2. The molecule has 1 aliphatic carbocycles. The summed E-state index contributed by atoms with van der Waals surface area (Å²) in [5.41, 5.74) is 4.09. The largest absolute Gasteiger partial charge is 0.383 e. The maximum atomic E-state index is 14.0. The van der Waals surface area contributed by atoms with Gasteiger partial charge in [-0.3, -0.25) is 9.59 Å². The monoisotopic (exact) mass is 593 g/mol. The van der Waals surface area contributed by atoms with E-state index in [1.165, 1.54) is 17.5 Å². The molecule has 1 fully saturated rings. The van der Waals surface area contributed by atoms with Crippen molar-refractivity contribution in [2.45, 2.75) is 64.6 Å². The van der Waals surface area contributed by atoms with Gasteiger partial charge in [0.15, 0.2) is 0 Å². The van der Waals surface area contributed by atoms with Crippen molar-refractivity contribution in [3.8, 4) is 0 Å². The van der Waals surface area contributed by atoms with Gasteiger partial charge in [-0.05, 0) is 66.8 Å². The van der Waals surface area contributed by atoms with E-state index in [0.29, 0.717) is 25.3 Å². The summed E-state index contributed by atoms with van der Waals surface area (Å²) in [7, 11) is 1.62. The Morgan fingerprint density at radius 3 is 2.33 bits per heavy atom. The van der Waals surface area contributed by atoms with Crippen LogP contribution in [0.1, 0.15) is 66.2 Å². The van der Waals surface area contributed by atoms with E-state index in [0.717, 1.165) is 48.8 Å². The summed E-state index contributed by atoms with van der Waals surface area (Å²) in [4.78, 5) is 31.1. The van der Waals surface area contributed by atoms with Gasteiger partial charge in [0.2, 0.25) is 5.91 Å². The van der Waals surface area contributed by atoms with Gasteiger partial charge >= 0.3 is 0 Å². The fourth-order valence-corrected chi connectivity index (χ4v) is 5.56. The van der Waals surface area contributed by atoms with Crippen LogP contribution in [0.2, 0.25) is 0 Å². The number of aryl methyl sites for hydroxylation is 1. The van der Waals surface area contributed by atoms with Crippen LogP contribution in [0.25, 0.3) is 0 Å². The van der Waals surface area contributed by atoms with Crippen LogP contribution in [0.4, 0.5) is 0 Å². The summed E-state index contributed by atoms with van der Waals surface area (Å²) in [6.07, 6.45) is 8.47. The van der Waals surface area contributed by atoms with Crippen molar-refractivity contribution in [1.29, 1.82) is 0 Å². The number of rotatable bonds is 12. The van der Waals surface area contributed by atoms with E-state index in [1.807, 2.05) is 35.2 Å². The van der Waals surface area contributed by atoms with Crippen LogP contribution in [0.3, 0.4) is 0 Å². The molecule has 0 bridgehead atoms. The van der Waals surface area contributed by atoms with Crippen LogP contribution in [0, 0.1) is 0 Å². The minimum atomic E-state index is -0.134. The highest BCUT2D eigenvalue weighted by molar-refractivity contribution is 9.10. The second kappa shape index (κ2) is 14.5. The third kappa shape index (κ3) is 8.05. The summed E-state index contributed by atoms with van der Waals surface area (Å²) >= 11 is 3.51. The van der Waals surface area contributed by atoms with Crippen LogP contribution in [0.5, 0.6) is 0 Å². The van der Waals surface area contributed by atoms with Crippen molar-refractivity contribution >= 4 is 27.7 Å². The molecular weight excluding hydrogens is 554 g/mol. The first kappa shape index (κ1) is 29.1. The summed E-state index contributed by atoms with van der Waals surface area (Å²) in [5.74, 6) is -0.141. The Bertz CT molecular complexity index is 1200. The maximum absolute atomic E-state index is 14.0. The zero-order chi connectivity index (χ0) is 27.6. The Morgan fingerprint density at radius 2 is 1.67 bits per heavy atom. The lowest BCUT2D eigenvalue weighted by Crippen LogP contribution is -2.48. The third-order valence-electron chi connectivity index (χ3n) is 7.65. The number of carbonyl (C=O) groups is 2. The number of halogens is 1. The maximum Gasteiger partial charge on any atom is 0.254 e. The molecule has 7 heteroatoms. The molecule has 6 nitrogen and oxygen atoms in total. The van der Waals surface area contributed by atoms with E-state index in [4.69, 9.17) is 4.74 Å². The zero-order valence-corrected chi connectivity index (χ0v) is 24.7. The predicted molar refractivity (Wildman–Crippen MR) is 159 cm³/mol. The Kier molecular flexibility index (Phi) is 10.8. The average Bonchev–Trinajstić information content (AvgIpc) is 3.41. The van der Waals surface area contributed by atoms with Gasteiger partial charge in [0.05, 0.1) is 13.2 Å². The van der Waals surface area contributed by atoms with Crippen molar-refractivity contribution < 1.29 is 14.3 Å². The lowest BCUT2D eigenvalue weighted by molar-refractivity contribution is -0.135. The minimum Gasteiger partial charge on any atom is -0.383 e. The van der Waals surface area contributed by atoms with Gasteiger partial charge in [-0.1, -0.05) is 66.4 Å². The van der Waals surface area contributed by atoms with Crippen LogP contribution in [-0.2, 0) is 29.0 Å². The highest BCUT2D eigenvalue weighted by atomic mass is 79.9. The molecule has 0 unspecified atom stereocenters. The fourth-order valence-electron chi connectivity index (χ4n) is 5.30. The van der Waals surface area contributed by atoms with Crippen LogP contribution in [-0.4, -0.2) is 59.0 Å². The SMILES string of the molecule is CCc1ccc(C(=O)N(CCOC)CC(=O)N(Cc2cccn2Cc2ccc(Br)cc2)C2CCCCC2)cc1. The molecule has 2 aromatic carbocycles. The third-order valence-corrected chi connectivity index (χ3v) is 8.17. The van der Waals surface area contributed by atoms with Crippen molar-refractivity contribution in [3.05, 3.63) is 93.7 Å². The summed E-state index contributed by atoms with van der Waals surface area (Å²) in [5, 5.41) is 0. The van der Waals surface area contributed by atoms with Gasteiger partial charge < -0.3 is 19.1 Å². The smallest absolute Gasteiger partial charge is 0.254 e. The summed E-state index contributed by atoms with van der Waals surface area (Å²) in [6, 6.07) is 20.4. The topological polar surface area (TPSA) is 54.8 Å². The molecule has 0 aliphatic heterocycles. The Balaban J connectivity index is 1.53. The lowest BCUT2D eigenvalue weighted by atomic mass is 9.94. The quantitative estimate of drug-likeness (QED) is 0.247. The number of aromatic nitrogens is 1. The molecule has 39 heavy (non-hydrogen) atoms. The predicted octanol–water partition coefficient (Wildman–Crippen LogP) is 6.31. The summed E-state index contributed by atoms with van der Waals surface area (Å²) < 4.78 is 8.57. The molecule has 0 saturated heterocycles. The van der Waals surface area contributed by atoms with Gasteiger partial charge in [0.1, 0.15) is 6.54 Å². The Hall–Kier alpha value is -2.90. The number of methoxy groups -OCH3 is 1. The Morgan fingerprint density at radius 1 is 0.974 bits per heavy atom. The molecule has 2 amide bonds. The van der Waals surface area contributed by atoms with E-state index in [-0.39, 0.29) is 24.4 Å². The molecule has 4 rings (SSSR count). The molecule has 208 valence electrons. The molecular formula is C32H40BrN3O3. The number of ether oxygens (including phenoxy) is 1. The van der Waals surface area contributed by atoms with Crippen molar-refractivity contribution in [2.75, 3.05) is 26.8 Å². The van der Waals surface area contributed by atoms with Crippen molar-refractivity contribution in [2.24, 2.45) is 0 Å². The summed E-state index contributed by atoms with van der Waals surface area (Å²) in [6.45, 7) is 4.16. The van der Waals surface area contributed by atoms with Crippen LogP contribution < -0.4 is 0 Å².